The standard InChI is InChI=1S/C11H16N2O/c1-8-4-9(2)6-10(5-8)13(3)11(14)7-12/h4-6H,7,12H2,1-3H3. The Labute approximate surface area is 84.5 Å². The molecule has 2 N–H and O–H groups in total. The number of anilines is 1. The minimum absolute atomic E-state index is 0.0451. The molecular formula is C11H16N2O. The third kappa shape index (κ3) is 2.33. The molecule has 1 aromatic carbocycles. The van der Waals surface area contributed by atoms with E-state index in [1.807, 2.05) is 26.0 Å². The molecule has 0 radical (unpaired) electrons. The van der Waals surface area contributed by atoms with Crippen LogP contribution in [0.2, 0.25) is 0 Å². The lowest BCUT2D eigenvalue weighted by atomic mass is 10.1. The lowest BCUT2D eigenvalue weighted by Gasteiger charge is -2.17. The number of nitrogens with two attached hydrogens (primary N) is 1. The van der Waals surface area contributed by atoms with Crippen LogP contribution in [0.1, 0.15) is 11.1 Å². The Morgan fingerprint density at radius 1 is 1.29 bits per heavy atom. The lowest BCUT2D eigenvalue weighted by molar-refractivity contribution is -0.117. The molecule has 0 saturated heterocycles. The molecule has 0 saturated carbocycles. The van der Waals surface area contributed by atoms with Crippen molar-refractivity contribution in [2.45, 2.75) is 13.8 Å². The van der Waals surface area contributed by atoms with Crippen molar-refractivity contribution < 1.29 is 4.79 Å². The highest BCUT2D eigenvalue weighted by molar-refractivity contribution is 5.94. The van der Waals surface area contributed by atoms with Crippen LogP contribution in [0.4, 0.5) is 5.69 Å². The molecule has 0 fully saturated rings. The van der Waals surface area contributed by atoms with Crippen LogP contribution in [0.5, 0.6) is 0 Å². The van der Waals surface area contributed by atoms with Gasteiger partial charge >= 0.3 is 0 Å². The third-order valence-electron chi connectivity index (χ3n) is 2.14. The summed E-state index contributed by atoms with van der Waals surface area (Å²) in [6.45, 7) is 4.07. The molecule has 0 aliphatic heterocycles. The van der Waals surface area contributed by atoms with E-state index in [1.54, 1.807) is 11.9 Å². The van der Waals surface area contributed by atoms with Crippen molar-refractivity contribution in [3.05, 3.63) is 29.3 Å². The maximum Gasteiger partial charge on any atom is 0.240 e. The molecule has 0 bridgehead atoms. The first-order valence-electron chi connectivity index (χ1n) is 4.59. The van der Waals surface area contributed by atoms with Gasteiger partial charge in [0.1, 0.15) is 0 Å². The van der Waals surface area contributed by atoms with Crippen molar-refractivity contribution in [2.75, 3.05) is 18.5 Å². The number of hydrogen-bond donors (Lipinski definition) is 1. The maximum absolute atomic E-state index is 11.3. The number of carbonyl (C=O) groups excluding carboxylic acids is 1. The van der Waals surface area contributed by atoms with Gasteiger partial charge in [-0.2, -0.15) is 0 Å². The van der Waals surface area contributed by atoms with Gasteiger partial charge < -0.3 is 10.6 Å². The Bertz CT molecular complexity index is 327. The highest BCUT2D eigenvalue weighted by Crippen LogP contribution is 2.17. The molecule has 1 rings (SSSR count). The summed E-state index contributed by atoms with van der Waals surface area (Å²) in [4.78, 5) is 12.9. The van der Waals surface area contributed by atoms with Crippen molar-refractivity contribution in [2.24, 2.45) is 5.73 Å². The summed E-state index contributed by atoms with van der Waals surface area (Å²) < 4.78 is 0. The molecule has 0 spiro atoms. The number of likely N-dealkylation sites (N-methyl/N-ethyl adjacent to an activating group) is 1. The number of benzene rings is 1. The summed E-state index contributed by atoms with van der Waals surface area (Å²) in [6.07, 6.45) is 0. The van der Waals surface area contributed by atoms with E-state index in [0.29, 0.717) is 0 Å². The molecule has 1 aromatic rings. The van der Waals surface area contributed by atoms with Crippen molar-refractivity contribution >= 4 is 11.6 Å². The second-order valence-electron chi connectivity index (χ2n) is 3.50. The predicted molar refractivity (Wildman–Crippen MR) is 58.4 cm³/mol. The largest absolute Gasteiger partial charge is 0.322 e. The highest BCUT2D eigenvalue weighted by atomic mass is 16.2. The molecule has 3 heteroatoms. The molecule has 0 heterocycles. The van der Waals surface area contributed by atoms with Crippen LogP contribution in [0.3, 0.4) is 0 Å². The number of amides is 1. The van der Waals surface area contributed by atoms with E-state index in [0.717, 1.165) is 16.8 Å². The molecule has 0 aliphatic rings. The average Bonchev–Trinajstić information content (AvgIpc) is 2.14. The zero-order chi connectivity index (χ0) is 10.7. The molecule has 3 nitrogen and oxygen atoms in total. The minimum Gasteiger partial charge on any atom is -0.322 e. The zero-order valence-electron chi connectivity index (χ0n) is 8.87. The second kappa shape index (κ2) is 4.24. The molecule has 0 aliphatic carbocycles. The van der Waals surface area contributed by atoms with Gasteiger partial charge in [-0.25, -0.2) is 0 Å². The minimum atomic E-state index is -0.0741. The Hall–Kier alpha value is -1.35. The number of rotatable bonds is 2. The van der Waals surface area contributed by atoms with Gasteiger partial charge in [0, 0.05) is 12.7 Å². The van der Waals surface area contributed by atoms with Gasteiger partial charge in [-0.1, -0.05) is 6.07 Å². The van der Waals surface area contributed by atoms with Crippen LogP contribution in [0, 0.1) is 13.8 Å². The number of carbonyl (C=O) groups is 1. The normalized spacial score (nSPS) is 10.0. The summed E-state index contributed by atoms with van der Waals surface area (Å²) in [5, 5.41) is 0. The van der Waals surface area contributed by atoms with Gasteiger partial charge in [-0.05, 0) is 37.1 Å². The molecule has 14 heavy (non-hydrogen) atoms. The quantitative estimate of drug-likeness (QED) is 0.766. The monoisotopic (exact) mass is 192 g/mol. The second-order valence-corrected chi connectivity index (χ2v) is 3.50. The van der Waals surface area contributed by atoms with Crippen LogP contribution >= 0.6 is 0 Å². The van der Waals surface area contributed by atoms with E-state index >= 15 is 0 Å². The first kappa shape index (κ1) is 10.7. The first-order valence-corrected chi connectivity index (χ1v) is 4.59. The molecule has 1 amide bonds. The van der Waals surface area contributed by atoms with Gasteiger partial charge in [-0.15, -0.1) is 0 Å². The van der Waals surface area contributed by atoms with Crippen LogP contribution in [-0.2, 0) is 4.79 Å². The average molecular weight is 192 g/mol. The summed E-state index contributed by atoms with van der Waals surface area (Å²) in [6, 6.07) is 6.02. The van der Waals surface area contributed by atoms with Crippen molar-refractivity contribution in [1.29, 1.82) is 0 Å². The van der Waals surface area contributed by atoms with Crippen LogP contribution < -0.4 is 10.6 Å². The van der Waals surface area contributed by atoms with E-state index in [2.05, 4.69) is 6.07 Å². The summed E-state index contributed by atoms with van der Waals surface area (Å²) in [5.41, 5.74) is 8.50. The molecular weight excluding hydrogens is 176 g/mol. The smallest absolute Gasteiger partial charge is 0.240 e. The van der Waals surface area contributed by atoms with E-state index in [4.69, 9.17) is 5.73 Å². The third-order valence-corrected chi connectivity index (χ3v) is 2.14. The van der Waals surface area contributed by atoms with E-state index < -0.39 is 0 Å². The molecule has 0 atom stereocenters. The molecule has 76 valence electrons. The van der Waals surface area contributed by atoms with E-state index in [1.165, 1.54) is 0 Å². The zero-order valence-corrected chi connectivity index (χ0v) is 8.87. The fourth-order valence-electron chi connectivity index (χ4n) is 1.43. The highest BCUT2D eigenvalue weighted by Gasteiger charge is 2.08. The summed E-state index contributed by atoms with van der Waals surface area (Å²) in [5.74, 6) is -0.0741. The first-order chi connectivity index (χ1) is 6.54. The Morgan fingerprint density at radius 3 is 2.21 bits per heavy atom. The van der Waals surface area contributed by atoms with Crippen LogP contribution in [0.15, 0.2) is 18.2 Å². The summed E-state index contributed by atoms with van der Waals surface area (Å²) in [7, 11) is 1.74. The topological polar surface area (TPSA) is 46.3 Å². The lowest BCUT2D eigenvalue weighted by Crippen LogP contribution is -2.32. The van der Waals surface area contributed by atoms with Crippen molar-refractivity contribution in [3.63, 3.8) is 0 Å². The fourth-order valence-corrected chi connectivity index (χ4v) is 1.43. The Morgan fingerprint density at radius 2 is 1.79 bits per heavy atom. The van der Waals surface area contributed by atoms with Gasteiger partial charge in [0.25, 0.3) is 0 Å². The number of aryl methyl sites for hydroxylation is 2. The number of hydrogen-bond acceptors (Lipinski definition) is 2. The Kier molecular flexibility index (Phi) is 3.25. The fraction of sp³-hybridized carbons (Fsp3) is 0.364. The van der Waals surface area contributed by atoms with Crippen LogP contribution in [-0.4, -0.2) is 19.5 Å². The van der Waals surface area contributed by atoms with E-state index in [-0.39, 0.29) is 12.5 Å². The molecule has 0 unspecified atom stereocenters. The number of nitrogens with zero attached hydrogens (tertiary/aromatic N) is 1. The van der Waals surface area contributed by atoms with Crippen molar-refractivity contribution in [3.8, 4) is 0 Å². The SMILES string of the molecule is Cc1cc(C)cc(N(C)C(=O)CN)c1. The van der Waals surface area contributed by atoms with Gasteiger partial charge in [0.15, 0.2) is 0 Å². The van der Waals surface area contributed by atoms with Crippen LogP contribution in [0.25, 0.3) is 0 Å². The predicted octanol–water partition coefficient (Wildman–Crippen LogP) is 1.22. The van der Waals surface area contributed by atoms with Gasteiger partial charge in [0.2, 0.25) is 5.91 Å². The maximum atomic E-state index is 11.3. The Balaban J connectivity index is 3.00. The van der Waals surface area contributed by atoms with E-state index in [9.17, 15) is 4.79 Å². The van der Waals surface area contributed by atoms with Crippen molar-refractivity contribution in [1.82, 2.24) is 0 Å². The van der Waals surface area contributed by atoms with Gasteiger partial charge in [-0.3, -0.25) is 4.79 Å². The summed E-state index contributed by atoms with van der Waals surface area (Å²) >= 11 is 0. The molecule has 0 aromatic heterocycles. The van der Waals surface area contributed by atoms with Gasteiger partial charge in [0.05, 0.1) is 6.54 Å².